The Labute approximate surface area is 110 Å². The summed E-state index contributed by atoms with van der Waals surface area (Å²) in [5.74, 6) is -0.122. The van der Waals surface area contributed by atoms with Gasteiger partial charge in [0.25, 0.3) is 5.56 Å². The third kappa shape index (κ3) is 2.25. The van der Waals surface area contributed by atoms with Gasteiger partial charge in [-0.1, -0.05) is 0 Å². The molecule has 2 rings (SSSR count). The summed E-state index contributed by atoms with van der Waals surface area (Å²) in [6.07, 6.45) is -0.659. The van der Waals surface area contributed by atoms with E-state index in [2.05, 4.69) is 5.32 Å². The van der Waals surface area contributed by atoms with Gasteiger partial charge in [-0.3, -0.25) is 14.9 Å². The van der Waals surface area contributed by atoms with E-state index in [1.807, 2.05) is 0 Å². The van der Waals surface area contributed by atoms with Crippen LogP contribution in [0.2, 0.25) is 0 Å². The number of hydrogen-bond acceptors (Lipinski definition) is 4. The highest BCUT2D eigenvalue weighted by Gasteiger charge is 2.35. The van der Waals surface area contributed by atoms with E-state index in [1.54, 1.807) is 26.8 Å². The van der Waals surface area contributed by atoms with Gasteiger partial charge in [0.05, 0.1) is 6.54 Å². The Morgan fingerprint density at radius 2 is 2.05 bits per heavy atom. The summed E-state index contributed by atoms with van der Waals surface area (Å²) in [6, 6.07) is 1.76. The monoisotopic (exact) mass is 264 g/mol. The van der Waals surface area contributed by atoms with Crippen LogP contribution in [0.25, 0.3) is 0 Å². The molecule has 1 aromatic heterocycles. The number of nitrogens with one attached hydrogen (secondary N) is 1. The van der Waals surface area contributed by atoms with Crippen molar-refractivity contribution in [3.8, 4) is 0 Å². The number of carbonyl (C=O) groups is 2. The summed E-state index contributed by atoms with van der Waals surface area (Å²) in [4.78, 5) is 35.0. The van der Waals surface area contributed by atoms with E-state index in [-0.39, 0.29) is 23.6 Å². The Kier molecular flexibility index (Phi) is 2.96. The van der Waals surface area contributed by atoms with Crippen LogP contribution < -0.4 is 10.9 Å². The van der Waals surface area contributed by atoms with E-state index in [9.17, 15) is 14.4 Å². The quantitative estimate of drug-likeness (QED) is 0.879. The van der Waals surface area contributed by atoms with Crippen molar-refractivity contribution in [2.75, 3.05) is 5.32 Å². The molecule has 0 saturated carbocycles. The molecular weight excluding hydrogens is 248 g/mol. The van der Waals surface area contributed by atoms with E-state index >= 15 is 0 Å². The fraction of sp³-hybridized carbons (Fsp3) is 0.462. The Balaban J connectivity index is 2.68. The highest BCUT2D eigenvalue weighted by Crippen LogP contribution is 2.33. The molecule has 0 unspecified atom stereocenters. The standard InChI is InChI=1S/C13H16N2O4/c1-7-5-9-10(11(17)15(7)6-8(2)16)14-12(18)19-13(9,3)4/h5H,6H2,1-4H3,(H,14,18). The Hall–Kier alpha value is -2.11. The Morgan fingerprint density at radius 3 is 2.63 bits per heavy atom. The van der Waals surface area contributed by atoms with Crippen molar-refractivity contribution in [1.29, 1.82) is 0 Å². The molecule has 1 aliphatic heterocycles. The van der Waals surface area contributed by atoms with E-state index in [1.165, 1.54) is 11.5 Å². The van der Waals surface area contributed by atoms with E-state index in [0.29, 0.717) is 11.3 Å². The molecular formula is C13H16N2O4. The zero-order chi connectivity index (χ0) is 14.4. The lowest BCUT2D eigenvalue weighted by Gasteiger charge is -2.32. The van der Waals surface area contributed by atoms with Crippen molar-refractivity contribution in [3.05, 3.63) is 27.7 Å². The molecule has 0 aromatic carbocycles. The maximum Gasteiger partial charge on any atom is 0.412 e. The third-order valence-electron chi connectivity index (χ3n) is 3.11. The molecule has 6 heteroatoms. The maximum absolute atomic E-state index is 12.3. The van der Waals surface area contributed by atoms with Crippen LogP contribution in [0.5, 0.6) is 0 Å². The van der Waals surface area contributed by atoms with E-state index < -0.39 is 11.7 Å². The number of rotatable bonds is 2. The minimum absolute atomic E-state index is 0.00486. The first-order valence-corrected chi connectivity index (χ1v) is 5.96. The van der Waals surface area contributed by atoms with Crippen LogP contribution in [0.3, 0.4) is 0 Å². The van der Waals surface area contributed by atoms with Gasteiger partial charge in [-0.25, -0.2) is 4.79 Å². The molecule has 1 aliphatic rings. The van der Waals surface area contributed by atoms with Gasteiger partial charge in [0.15, 0.2) is 0 Å². The normalized spacial score (nSPS) is 16.3. The van der Waals surface area contributed by atoms with Crippen LogP contribution in [-0.2, 0) is 21.7 Å². The number of aryl methyl sites for hydroxylation is 1. The van der Waals surface area contributed by atoms with Gasteiger partial charge in [-0.2, -0.15) is 0 Å². The highest BCUT2D eigenvalue weighted by molar-refractivity contribution is 5.88. The summed E-state index contributed by atoms with van der Waals surface area (Å²) >= 11 is 0. The molecule has 0 radical (unpaired) electrons. The summed E-state index contributed by atoms with van der Waals surface area (Å²) < 4.78 is 6.52. The number of fused-ring (bicyclic) bond motifs is 1. The van der Waals surface area contributed by atoms with Gasteiger partial charge >= 0.3 is 6.09 Å². The summed E-state index contributed by atoms with van der Waals surface area (Å²) in [5.41, 5.74) is 0.223. The van der Waals surface area contributed by atoms with E-state index in [4.69, 9.17) is 4.74 Å². The number of ether oxygens (including phenoxy) is 1. The average Bonchev–Trinajstić information content (AvgIpc) is 2.25. The number of cyclic esters (lactones) is 1. The van der Waals surface area contributed by atoms with Crippen molar-refractivity contribution in [3.63, 3.8) is 0 Å². The SMILES string of the molecule is CC(=O)Cn1c(C)cc2c(c1=O)NC(=O)OC2(C)C. The largest absolute Gasteiger partial charge is 0.438 e. The zero-order valence-corrected chi connectivity index (χ0v) is 11.4. The molecule has 0 saturated heterocycles. The number of anilines is 1. The molecule has 1 aromatic rings. The lowest BCUT2D eigenvalue weighted by molar-refractivity contribution is -0.117. The number of ketones is 1. The Bertz CT molecular complexity index is 628. The fourth-order valence-electron chi connectivity index (χ4n) is 2.20. The molecule has 6 nitrogen and oxygen atoms in total. The number of pyridine rings is 1. The fourth-order valence-corrected chi connectivity index (χ4v) is 2.20. The summed E-state index contributed by atoms with van der Waals surface area (Å²) in [6.45, 7) is 6.60. The summed E-state index contributed by atoms with van der Waals surface area (Å²) in [5, 5.41) is 2.42. The topological polar surface area (TPSA) is 77.4 Å². The maximum atomic E-state index is 12.3. The second-order valence-corrected chi connectivity index (χ2v) is 5.19. The van der Waals surface area contributed by atoms with E-state index in [0.717, 1.165) is 0 Å². The molecule has 1 N–H and O–H groups in total. The molecule has 0 atom stereocenters. The number of hydrogen-bond donors (Lipinski definition) is 1. The van der Waals surface area contributed by atoms with Crippen LogP contribution in [0.15, 0.2) is 10.9 Å². The zero-order valence-electron chi connectivity index (χ0n) is 11.4. The predicted octanol–water partition coefficient (Wildman–Crippen LogP) is 1.54. The number of Topliss-reactive ketones (excluding diaryl/α,β-unsaturated/α-hetero) is 1. The molecule has 0 aliphatic carbocycles. The smallest absolute Gasteiger partial charge is 0.412 e. The summed E-state index contributed by atoms with van der Waals surface area (Å²) in [7, 11) is 0. The molecule has 0 fully saturated rings. The van der Waals surface area contributed by atoms with Crippen molar-refractivity contribution in [2.45, 2.75) is 39.8 Å². The molecule has 2 heterocycles. The van der Waals surface area contributed by atoms with Crippen molar-refractivity contribution < 1.29 is 14.3 Å². The molecule has 0 bridgehead atoms. The lowest BCUT2D eigenvalue weighted by atomic mass is 9.95. The number of carbonyl (C=O) groups excluding carboxylic acids is 2. The Morgan fingerprint density at radius 1 is 1.42 bits per heavy atom. The molecule has 0 spiro atoms. The molecule has 1 amide bonds. The van der Waals surface area contributed by atoms with Crippen molar-refractivity contribution >= 4 is 17.6 Å². The highest BCUT2D eigenvalue weighted by atomic mass is 16.6. The van der Waals surface area contributed by atoms with Crippen LogP contribution in [-0.4, -0.2) is 16.4 Å². The van der Waals surface area contributed by atoms with Crippen LogP contribution in [0.4, 0.5) is 10.5 Å². The number of amides is 1. The molecule has 102 valence electrons. The minimum atomic E-state index is -0.864. The average molecular weight is 264 g/mol. The van der Waals surface area contributed by atoms with Crippen molar-refractivity contribution in [1.82, 2.24) is 4.57 Å². The first-order chi connectivity index (χ1) is 8.72. The second-order valence-electron chi connectivity index (χ2n) is 5.19. The van der Waals surface area contributed by atoms with Gasteiger partial charge in [0.2, 0.25) is 0 Å². The van der Waals surface area contributed by atoms with Gasteiger partial charge in [0.1, 0.15) is 17.1 Å². The van der Waals surface area contributed by atoms with Gasteiger partial charge in [0, 0.05) is 11.3 Å². The third-order valence-corrected chi connectivity index (χ3v) is 3.11. The number of nitrogens with zero attached hydrogens (tertiary/aromatic N) is 1. The van der Waals surface area contributed by atoms with Gasteiger partial charge in [-0.15, -0.1) is 0 Å². The van der Waals surface area contributed by atoms with Gasteiger partial charge < -0.3 is 9.30 Å². The number of aromatic nitrogens is 1. The van der Waals surface area contributed by atoms with Crippen LogP contribution in [0, 0.1) is 6.92 Å². The van der Waals surface area contributed by atoms with Crippen molar-refractivity contribution in [2.24, 2.45) is 0 Å². The second kappa shape index (κ2) is 4.22. The first kappa shape index (κ1) is 13.3. The van der Waals surface area contributed by atoms with Crippen LogP contribution >= 0.6 is 0 Å². The minimum Gasteiger partial charge on any atom is -0.438 e. The lowest BCUT2D eigenvalue weighted by Crippen LogP contribution is -2.40. The molecule has 19 heavy (non-hydrogen) atoms. The van der Waals surface area contributed by atoms with Gasteiger partial charge in [-0.05, 0) is 33.8 Å². The van der Waals surface area contributed by atoms with Crippen LogP contribution in [0.1, 0.15) is 32.0 Å². The first-order valence-electron chi connectivity index (χ1n) is 5.96. The predicted molar refractivity (Wildman–Crippen MR) is 69.2 cm³/mol.